The number of carbonyl (C=O) groups excluding carboxylic acids is 1. The first kappa shape index (κ1) is 17.0. The van der Waals surface area contributed by atoms with Crippen molar-refractivity contribution in [2.24, 2.45) is 5.92 Å². The normalized spacial score (nSPS) is 15.4. The van der Waals surface area contributed by atoms with Crippen LogP contribution in [0.25, 0.3) is 21.3 Å². The molecule has 3 heterocycles. The van der Waals surface area contributed by atoms with E-state index >= 15 is 0 Å². The van der Waals surface area contributed by atoms with Crippen LogP contribution in [0.1, 0.15) is 18.7 Å². The van der Waals surface area contributed by atoms with Gasteiger partial charge in [0.15, 0.2) is 0 Å². The van der Waals surface area contributed by atoms with Crippen molar-refractivity contribution in [1.29, 1.82) is 0 Å². The summed E-state index contributed by atoms with van der Waals surface area (Å²) in [6.07, 6.45) is 1.71. The van der Waals surface area contributed by atoms with Gasteiger partial charge in [-0.15, -0.1) is 11.3 Å². The molecule has 5 nitrogen and oxygen atoms in total. The Balaban J connectivity index is 1.73. The van der Waals surface area contributed by atoms with Gasteiger partial charge in [0.1, 0.15) is 16.5 Å². The van der Waals surface area contributed by atoms with E-state index in [1.54, 1.807) is 18.4 Å². The summed E-state index contributed by atoms with van der Waals surface area (Å²) in [5.74, 6) is 2.05. The topological polar surface area (TPSA) is 58.1 Å². The molecule has 1 saturated heterocycles. The van der Waals surface area contributed by atoms with E-state index in [1.807, 2.05) is 13.0 Å². The Bertz CT molecular complexity index is 930. The van der Waals surface area contributed by atoms with Crippen LogP contribution in [-0.2, 0) is 4.79 Å². The highest BCUT2D eigenvalue weighted by Crippen LogP contribution is 2.39. The van der Waals surface area contributed by atoms with E-state index in [-0.39, 0.29) is 11.8 Å². The van der Waals surface area contributed by atoms with Crippen LogP contribution in [0.15, 0.2) is 35.7 Å². The Morgan fingerprint density at radius 1 is 1.19 bits per heavy atom. The van der Waals surface area contributed by atoms with E-state index in [9.17, 15) is 4.79 Å². The number of anilines is 1. The summed E-state index contributed by atoms with van der Waals surface area (Å²) < 4.78 is 0. The number of hydrogen-bond donors (Lipinski definition) is 1. The van der Waals surface area contributed by atoms with Crippen molar-refractivity contribution < 1.29 is 4.79 Å². The first-order valence-corrected chi connectivity index (χ1v) is 9.83. The van der Waals surface area contributed by atoms with Crippen molar-refractivity contribution in [1.82, 2.24) is 15.3 Å². The third-order valence-corrected chi connectivity index (χ3v) is 5.89. The summed E-state index contributed by atoms with van der Waals surface area (Å²) >= 11 is 1.67. The van der Waals surface area contributed by atoms with Crippen LogP contribution in [0.2, 0.25) is 0 Å². The zero-order valence-electron chi connectivity index (χ0n) is 15.0. The summed E-state index contributed by atoms with van der Waals surface area (Å²) in [5.41, 5.74) is 2.38. The molecule has 6 heteroatoms. The average molecular weight is 366 g/mol. The minimum Gasteiger partial charge on any atom is -0.359 e. The second-order valence-corrected chi connectivity index (χ2v) is 7.52. The molecule has 134 valence electrons. The maximum Gasteiger partial charge on any atom is 0.222 e. The molecule has 4 rings (SSSR count). The first-order chi connectivity index (χ1) is 12.7. The van der Waals surface area contributed by atoms with Gasteiger partial charge in [0.25, 0.3) is 0 Å². The fraction of sp³-hybridized carbons (Fsp3) is 0.350. The first-order valence-electron chi connectivity index (χ1n) is 8.95. The maximum absolute atomic E-state index is 11.9. The molecule has 0 aliphatic carbocycles. The third kappa shape index (κ3) is 3.05. The van der Waals surface area contributed by atoms with E-state index in [2.05, 4.69) is 44.8 Å². The zero-order valence-corrected chi connectivity index (χ0v) is 15.8. The monoisotopic (exact) mass is 366 g/mol. The van der Waals surface area contributed by atoms with Crippen molar-refractivity contribution in [3.63, 3.8) is 0 Å². The van der Waals surface area contributed by atoms with Crippen LogP contribution in [0.4, 0.5) is 5.82 Å². The molecule has 26 heavy (non-hydrogen) atoms. The Morgan fingerprint density at radius 2 is 1.92 bits per heavy atom. The van der Waals surface area contributed by atoms with E-state index in [0.717, 1.165) is 47.8 Å². The number of nitrogens with one attached hydrogen (secondary N) is 1. The molecule has 0 radical (unpaired) electrons. The molecule has 0 saturated carbocycles. The number of rotatable bonds is 3. The largest absolute Gasteiger partial charge is 0.359 e. The van der Waals surface area contributed by atoms with Gasteiger partial charge in [-0.3, -0.25) is 4.79 Å². The fourth-order valence-corrected chi connectivity index (χ4v) is 4.63. The lowest BCUT2D eigenvalue weighted by Crippen LogP contribution is -2.40. The Hall–Kier alpha value is -2.47. The van der Waals surface area contributed by atoms with Crippen molar-refractivity contribution in [3.8, 4) is 11.1 Å². The van der Waals surface area contributed by atoms with Gasteiger partial charge in [-0.05, 0) is 25.3 Å². The molecule has 1 N–H and O–H groups in total. The van der Waals surface area contributed by atoms with Gasteiger partial charge in [0, 0.05) is 37.0 Å². The number of carbonyl (C=O) groups is 1. The Morgan fingerprint density at radius 3 is 2.62 bits per heavy atom. The highest BCUT2D eigenvalue weighted by Gasteiger charge is 2.27. The lowest BCUT2D eigenvalue weighted by atomic mass is 9.95. The summed E-state index contributed by atoms with van der Waals surface area (Å²) in [7, 11) is 1.71. The number of nitrogens with zero attached hydrogens (tertiary/aromatic N) is 3. The summed E-state index contributed by atoms with van der Waals surface area (Å²) in [4.78, 5) is 24.7. The molecule has 1 aromatic carbocycles. The molecule has 0 spiro atoms. The minimum absolute atomic E-state index is 0.103. The maximum atomic E-state index is 11.9. The van der Waals surface area contributed by atoms with Crippen LogP contribution in [0, 0.1) is 12.8 Å². The predicted molar refractivity (Wildman–Crippen MR) is 107 cm³/mol. The average Bonchev–Trinajstić information content (AvgIpc) is 3.11. The van der Waals surface area contributed by atoms with E-state index in [1.165, 1.54) is 11.1 Å². The Labute approximate surface area is 157 Å². The molecule has 1 amide bonds. The summed E-state index contributed by atoms with van der Waals surface area (Å²) in [6.45, 7) is 3.63. The number of hydrogen-bond acceptors (Lipinski definition) is 5. The quantitative estimate of drug-likeness (QED) is 0.769. The zero-order chi connectivity index (χ0) is 18.1. The molecule has 1 aliphatic heterocycles. The SMILES string of the molecule is CNC(=O)C1CCN(c2nc(C)nc3scc(-c4ccccc4)c23)CC1. The number of aryl methyl sites for hydroxylation is 1. The lowest BCUT2D eigenvalue weighted by Gasteiger charge is -2.32. The molecular formula is C20H22N4OS. The molecule has 0 bridgehead atoms. The molecule has 3 aromatic rings. The standard InChI is InChI=1S/C20H22N4OS/c1-13-22-18(24-10-8-15(9-11-24)19(25)21-2)17-16(12-26-20(17)23-13)14-6-4-3-5-7-14/h3-7,12,15H,8-11H2,1-2H3,(H,21,25). The molecule has 0 atom stereocenters. The third-order valence-electron chi connectivity index (χ3n) is 5.02. The second kappa shape index (κ2) is 7.03. The van der Waals surface area contributed by atoms with Gasteiger partial charge in [-0.2, -0.15) is 0 Å². The summed E-state index contributed by atoms with van der Waals surface area (Å²) in [5, 5.41) is 6.08. The van der Waals surface area contributed by atoms with Crippen LogP contribution < -0.4 is 10.2 Å². The molecule has 1 fully saturated rings. The number of benzene rings is 1. The van der Waals surface area contributed by atoms with Crippen LogP contribution in [0.5, 0.6) is 0 Å². The van der Waals surface area contributed by atoms with Crippen LogP contribution in [-0.4, -0.2) is 36.0 Å². The fourth-order valence-electron chi connectivity index (χ4n) is 3.64. The van der Waals surface area contributed by atoms with E-state index < -0.39 is 0 Å². The highest BCUT2D eigenvalue weighted by atomic mass is 32.1. The van der Waals surface area contributed by atoms with Crippen molar-refractivity contribution in [2.75, 3.05) is 25.0 Å². The Kier molecular flexibility index (Phi) is 4.59. The molecule has 2 aromatic heterocycles. The second-order valence-electron chi connectivity index (χ2n) is 6.67. The number of fused-ring (bicyclic) bond motifs is 1. The van der Waals surface area contributed by atoms with Crippen LogP contribution >= 0.6 is 11.3 Å². The molecule has 1 aliphatic rings. The minimum atomic E-state index is 0.103. The number of aromatic nitrogens is 2. The van der Waals surface area contributed by atoms with Gasteiger partial charge < -0.3 is 10.2 Å². The van der Waals surface area contributed by atoms with Crippen molar-refractivity contribution in [3.05, 3.63) is 41.5 Å². The van der Waals surface area contributed by atoms with Crippen LogP contribution in [0.3, 0.4) is 0 Å². The van der Waals surface area contributed by atoms with E-state index in [4.69, 9.17) is 4.98 Å². The van der Waals surface area contributed by atoms with Gasteiger partial charge in [-0.1, -0.05) is 30.3 Å². The molecule has 0 unspecified atom stereocenters. The van der Waals surface area contributed by atoms with Gasteiger partial charge >= 0.3 is 0 Å². The van der Waals surface area contributed by atoms with Crippen molar-refractivity contribution >= 4 is 33.3 Å². The van der Waals surface area contributed by atoms with Gasteiger partial charge in [0.2, 0.25) is 5.91 Å². The smallest absolute Gasteiger partial charge is 0.222 e. The lowest BCUT2D eigenvalue weighted by molar-refractivity contribution is -0.125. The number of piperidine rings is 1. The highest BCUT2D eigenvalue weighted by molar-refractivity contribution is 7.17. The van der Waals surface area contributed by atoms with Gasteiger partial charge in [0.05, 0.1) is 5.39 Å². The number of thiophene rings is 1. The van der Waals surface area contributed by atoms with Crippen molar-refractivity contribution in [2.45, 2.75) is 19.8 Å². The van der Waals surface area contributed by atoms with Gasteiger partial charge in [-0.25, -0.2) is 9.97 Å². The molecular weight excluding hydrogens is 344 g/mol. The van der Waals surface area contributed by atoms with E-state index in [0.29, 0.717) is 0 Å². The summed E-state index contributed by atoms with van der Waals surface area (Å²) in [6, 6.07) is 10.4. The number of amides is 1. The predicted octanol–water partition coefficient (Wildman–Crippen LogP) is 3.63.